The fourth-order valence-corrected chi connectivity index (χ4v) is 5.33. The van der Waals surface area contributed by atoms with E-state index in [1.165, 1.54) is 35.6 Å². The van der Waals surface area contributed by atoms with Crippen molar-refractivity contribution >= 4 is 28.8 Å². The number of aromatic amines is 1. The molecule has 0 aliphatic carbocycles. The van der Waals surface area contributed by atoms with Crippen molar-refractivity contribution in [2.45, 2.75) is 32.1 Å². The van der Waals surface area contributed by atoms with Gasteiger partial charge < -0.3 is 20.1 Å². The van der Waals surface area contributed by atoms with Gasteiger partial charge >= 0.3 is 6.18 Å². The highest BCUT2D eigenvalue weighted by atomic mass is 19.4. The number of H-pyrrole nitrogens is 1. The molecule has 5 rings (SSSR count). The summed E-state index contributed by atoms with van der Waals surface area (Å²) in [6, 6.07) is 3.06. The number of likely N-dealkylation sites (N-methyl/N-ethyl adjacent to an activating group) is 1. The van der Waals surface area contributed by atoms with Gasteiger partial charge in [0.1, 0.15) is 11.5 Å². The Balaban J connectivity index is 1.51. The van der Waals surface area contributed by atoms with Crippen molar-refractivity contribution in [1.29, 1.82) is 0 Å². The van der Waals surface area contributed by atoms with Crippen LogP contribution in [0.5, 0.6) is 0 Å². The third kappa shape index (κ3) is 6.14. The number of nitrogens with one attached hydrogen (secondary N) is 2. The standard InChI is InChI=1S/C29H29F4N7O3/c1-16-13-40(14-17(2)38(16)3)25-10-22(30)19(18-4-7-39(15-18)28(43)24-12-34-5-6-35-24)8-23(25)37-27(42)20-11-36-26(41)9-21(20)29(31,32)33/h4-6,8-12,16-17H,7,13-15H2,1-3H3,(H,36,41)(H,37,42)/t16-,17+. The van der Waals surface area contributed by atoms with Crippen LogP contribution in [0, 0.1) is 5.82 Å². The number of pyridine rings is 1. The number of halogens is 4. The molecule has 1 aromatic carbocycles. The first kappa shape index (κ1) is 29.9. The molecule has 0 saturated carbocycles. The lowest BCUT2D eigenvalue weighted by Gasteiger charge is -2.44. The van der Waals surface area contributed by atoms with Gasteiger partial charge in [-0.2, -0.15) is 13.2 Å². The van der Waals surface area contributed by atoms with Crippen molar-refractivity contribution in [3.63, 3.8) is 0 Å². The van der Waals surface area contributed by atoms with E-state index in [4.69, 9.17) is 0 Å². The Labute approximate surface area is 244 Å². The van der Waals surface area contributed by atoms with Crippen LogP contribution in [-0.4, -0.2) is 81.9 Å². The number of alkyl halides is 3. The molecule has 2 atom stereocenters. The highest BCUT2D eigenvalue weighted by Crippen LogP contribution is 2.37. The Kier molecular flexibility index (Phi) is 8.06. The van der Waals surface area contributed by atoms with Crippen LogP contribution in [0.4, 0.5) is 28.9 Å². The largest absolute Gasteiger partial charge is 0.417 e. The third-order valence-electron chi connectivity index (χ3n) is 7.84. The minimum Gasteiger partial charge on any atom is -0.367 e. The van der Waals surface area contributed by atoms with Gasteiger partial charge in [-0.3, -0.25) is 24.3 Å². The lowest BCUT2D eigenvalue weighted by atomic mass is 10.0. The van der Waals surface area contributed by atoms with Crippen molar-refractivity contribution in [2.75, 3.05) is 43.4 Å². The van der Waals surface area contributed by atoms with Crippen molar-refractivity contribution in [3.8, 4) is 0 Å². The molecule has 0 unspecified atom stereocenters. The Hall–Kier alpha value is -4.59. The molecule has 2 aliphatic heterocycles. The molecule has 2 aliphatic rings. The number of amides is 2. The summed E-state index contributed by atoms with van der Waals surface area (Å²) in [5, 5.41) is 2.54. The number of rotatable bonds is 5. The van der Waals surface area contributed by atoms with Crippen molar-refractivity contribution in [3.05, 3.63) is 87.6 Å². The molecule has 1 fully saturated rings. The summed E-state index contributed by atoms with van der Waals surface area (Å²) < 4.78 is 56.9. The predicted molar refractivity (Wildman–Crippen MR) is 151 cm³/mol. The minimum atomic E-state index is -4.96. The molecule has 226 valence electrons. The van der Waals surface area contributed by atoms with Crippen LogP contribution in [0.1, 0.15) is 45.8 Å². The Morgan fingerprint density at radius 3 is 2.47 bits per heavy atom. The zero-order valence-electron chi connectivity index (χ0n) is 23.6. The van der Waals surface area contributed by atoms with E-state index in [-0.39, 0.29) is 42.1 Å². The normalized spacial score (nSPS) is 19.4. The summed E-state index contributed by atoms with van der Waals surface area (Å²) >= 11 is 0. The molecular weight excluding hydrogens is 570 g/mol. The second kappa shape index (κ2) is 11.6. The number of carbonyl (C=O) groups excluding carboxylic acids is 2. The number of nitrogens with zero attached hydrogens (tertiary/aromatic N) is 5. The van der Waals surface area contributed by atoms with Crippen molar-refractivity contribution in [1.82, 2.24) is 24.8 Å². The monoisotopic (exact) mass is 599 g/mol. The van der Waals surface area contributed by atoms with Gasteiger partial charge in [0.15, 0.2) is 0 Å². The Morgan fingerprint density at radius 1 is 1.09 bits per heavy atom. The summed E-state index contributed by atoms with van der Waals surface area (Å²) in [6.45, 7) is 5.14. The molecule has 2 amide bonds. The van der Waals surface area contributed by atoms with Crippen molar-refractivity contribution in [2.24, 2.45) is 0 Å². The maximum Gasteiger partial charge on any atom is 0.417 e. The molecule has 0 radical (unpaired) electrons. The highest BCUT2D eigenvalue weighted by molar-refractivity contribution is 6.07. The smallest absolute Gasteiger partial charge is 0.367 e. The van der Waals surface area contributed by atoms with Gasteiger partial charge in [-0.25, -0.2) is 9.37 Å². The van der Waals surface area contributed by atoms with Crippen LogP contribution in [-0.2, 0) is 6.18 Å². The van der Waals surface area contributed by atoms with E-state index < -0.39 is 40.5 Å². The van der Waals surface area contributed by atoms with Gasteiger partial charge in [0.25, 0.3) is 11.8 Å². The predicted octanol–water partition coefficient (Wildman–Crippen LogP) is 3.64. The molecule has 0 bridgehead atoms. The fraction of sp³-hybridized carbons (Fsp3) is 0.345. The van der Waals surface area contributed by atoms with Gasteiger partial charge in [0, 0.05) is 68.5 Å². The first-order valence-electron chi connectivity index (χ1n) is 13.5. The molecule has 0 spiro atoms. The second-order valence-electron chi connectivity index (χ2n) is 10.7. The van der Waals surface area contributed by atoms with E-state index in [0.717, 1.165) is 0 Å². The highest BCUT2D eigenvalue weighted by Gasteiger charge is 2.36. The Morgan fingerprint density at radius 2 is 1.81 bits per heavy atom. The van der Waals surface area contributed by atoms with Gasteiger partial charge in [-0.15, -0.1) is 0 Å². The van der Waals surface area contributed by atoms with Crippen molar-refractivity contribution < 1.29 is 27.2 Å². The van der Waals surface area contributed by atoms with Crippen LogP contribution in [0.15, 0.2) is 53.9 Å². The number of anilines is 2. The molecule has 14 heteroatoms. The van der Waals surface area contributed by atoms with Gasteiger partial charge in [0.05, 0.1) is 28.7 Å². The average Bonchev–Trinajstić information content (AvgIpc) is 3.46. The molecular formula is C29H29F4N7O3. The van der Waals surface area contributed by atoms with Gasteiger partial charge in [0.2, 0.25) is 5.56 Å². The molecule has 43 heavy (non-hydrogen) atoms. The van der Waals surface area contributed by atoms with Gasteiger partial charge in [-0.05, 0) is 38.6 Å². The SMILES string of the molecule is C[C@@H]1CN(c2cc(F)c(C3=CCN(C(=O)c4cnccn4)C3)cc2NC(=O)c2c[nH]c(=O)cc2C(F)(F)F)C[C@H](C)N1C. The Bertz CT molecular complexity index is 1630. The molecule has 1 saturated heterocycles. The van der Waals surface area contributed by atoms with E-state index in [1.807, 2.05) is 25.8 Å². The maximum absolute atomic E-state index is 15.8. The quantitative estimate of drug-likeness (QED) is 0.431. The first-order chi connectivity index (χ1) is 20.3. The summed E-state index contributed by atoms with van der Waals surface area (Å²) in [4.78, 5) is 53.3. The van der Waals surface area contributed by atoms with Crippen LogP contribution in [0.2, 0.25) is 0 Å². The number of benzene rings is 1. The number of aromatic nitrogens is 3. The molecule has 2 N–H and O–H groups in total. The summed E-state index contributed by atoms with van der Waals surface area (Å²) in [5.41, 5.74) is -2.14. The zero-order chi connectivity index (χ0) is 31.1. The fourth-order valence-electron chi connectivity index (χ4n) is 5.33. The topological polar surface area (TPSA) is 115 Å². The number of carbonyl (C=O) groups is 2. The van der Waals surface area contributed by atoms with Crippen LogP contribution in [0.3, 0.4) is 0 Å². The second-order valence-corrected chi connectivity index (χ2v) is 10.7. The molecule has 4 heterocycles. The zero-order valence-corrected chi connectivity index (χ0v) is 23.6. The van der Waals surface area contributed by atoms with E-state index in [9.17, 15) is 27.6 Å². The first-order valence-corrected chi connectivity index (χ1v) is 13.5. The summed E-state index contributed by atoms with van der Waals surface area (Å²) in [6.07, 6.45) is 1.56. The molecule has 3 aromatic rings. The number of hydrogen-bond donors (Lipinski definition) is 2. The van der Waals surface area contributed by atoms with E-state index in [1.54, 1.807) is 6.08 Å². The third-order valence-corrected chi connectivity index (χ3v) is 7.84. The van der Waals surface area contributed by atoms with Crippen LogP contribution < -0.4 is 15.8 Å². The molecule has 2 aromatic heterocycles. The average molecular weight is 600 g/mol. The van der Waals surface area contributed by atoms with Crippen LogP contribution >= 0.6 is 0 Å². The lowest BCUT2D eigenvalue weighted by molar-refractivity contribution is -0.138. The maximum atomic E-state index is 15.8. The lowest BCUT2D eigenvalue weighted by Crippen LogP contribution is -2.55. The summed E-state index contributed by atoms with van der Waals surface area (Å²) in [7, 11) is 1.97. The van der Waals surface area contributed by atoms with E-state index >= 15 is 4.39 Å². The van der Waals surface area contributed by atoms with E-state index in [0.29, 0.717) is 36.6 Å². The van der Waals surface area contributed by atoms with Crippen LogP contribution in [0.25, 0.3) is 5.57 Å². The number of hydrogen-bond acceptors (Lipinski definition) is 7. The minimum absolute atomic E-state index is 0.0415. The molecule has 10 nitrogen and oxygen atoms in total. The van der Waals surface area contributed by atoms with Gasteiger partial charge in [-0.1, -0.05) is 6.08 Å². The summed E-state index contributed by atoms with van der Waals surface area (Å²) in [5.74, 6) is -2.15. The van der Waals surface area contributed by atoms with E-state index in [2.05, 4.69) is 25.2 Å². The number of piperazine rings is 1.